The molecule has 11 nitrogen and oxygen atoms in total. The molecule has 1 fully saturated rings. The number of carbonyl (C=O) groups excluding carboxylic acids is 1. The number of ether oxygens (including phenoxy) is 7. The van der Waals surface area contributed by atoms with E-state index in [0.29, 0.717) is 51.7 Å². The predicted molar refractivity (Wildman–Crippen MR) is 183 cm³/mol. The topological polar surface area (TPSA) is 108 Å². The average Bonchev–Trinajstić information content (AvgIpc) is 3.04. The van der Waals surface area contributed by atoms with Crippen LogP contribution < -0.4 is 9.64 Å². The quantitative estimate of drug-likeness (QED) is 0.232. The Morgan fingerprint density at radius 1 is 1.06 bits per heavy atom. The summed E-state index contributed by atoms with van der Waals surface area (Å²) in [7, 11) is 3.35. The van der Waals surface area contributed by atoms with Crippen molar-refractivity contribution in [1.29, 1.82) is 0 Å². The lowest BCUT2D eigenvalue weighted by atomic mass is 9.79. The van der Waals surface area contributed by atoms with Crippen LogP contribution in [0.15, 0.2) is 36.4 Å². The van der Waals surface area contributed by atoms with Gasteiger partial charge in [0.2, 0.25) is 0 Å². The van der Waals surface area contributed by atoms with Crippen LogP contribution in [0, 0.1) is 0 Å². The Morgan fingerprint density at radius 3 is 2.56 bits per heavy atom. The van der Waals surface area contributed by atoms with E-state index in [0.717, 1.165) is 47.6 Å². The van der Waals surface area contributed by atoms with Crippen molar-refractivity contribution in [2.45, 2.75) is 90.7 Å². The van der Waals surface area contributed by atoms with Gasteiger partial charge in [-0.1, -0.05) is 24.3 Å². The van der Waals surface area contributed by atoms with Crippen LogP contribution >= 0.6 is 0 Å². The summed E-state index contributed by atoms with van der Waals surface area (Å²) in [6.07, 6.45) is 0.00626. The van der Waals surface area contributed by atoms with Gasteiger partial charge in [-0.05, 0) is 75.4 Å². The zero-order valence-corrected chi connectivity index (χ0v) is 29.9. The maximum atomic E-state index is 13.2. The van der Waals surface area contributed by atoms with Crippen molar-refractivity contribution >= 4 is 11.8 Å². The molecule has 1 amide bonds. The van der Waals surface area contributed by atoms with Crippen LogP contribution in [0.1, 0.15) is 69.7 Å². The lowest BCUT2D eigenvalue weighted by molar-refractivity contribution is -0.155. The molecule has 3 atom stereocenters. The van der Waals surface area contributed by atoms with Crippen LogP contribution in [0.25, 0.3) is 0 Å². The van der Waals surface area contributed by atoms with Crippen molar-refractivity contribution in [3.05, 3.63) is 58.7 Å². The lowest BCUT2D eigenvalue weighted by Gasteiger charge is -2.45. The molecule has 0 aliphatic carbocycles. The van der Waals surface area contributed by atoms with Crippen LogP contribution in [0.5, 0.6) is 5.75 Å². The van der Waals surface area contributed by atoms with Crippen LogP contribution in [0.3, 0.4) is 0 Å². The van der Waals surface area contributed by atoms with E-state index in [1.54, 1.807) is 19.1 Å². The van der Waals surface area contributed by atoms with Gasteiger partial charge in [0.25, 0.3) is 0 Å². The molecule has 0 unspecified atom stereocenters. The lowest BCUT2D eigenvalue weighted by Crippen LogP contribution is -2.57. The molecule has 2 aromatic carbocycles. The van der Waals surface area contributed by atoms with Gasteiger partial charge in [0.15, 0.2) is 0 Å². The number of hydrogen-bond donors (Lipinski definition) is 1. The number of rotatable bonds is 16. The largest absolute Gasteiger partial charge is 0.490 e. The van der Waals surface area contributed by atoms with Gasteiger partial charge in [0, 0.05) is 46.9 Å². The first-order chi connectivity index (χ1) is 23.0. The Balaban J connectivity index is 1.58. The molecule has 0 saturated carbocycles. The first kappa shape index (κ1) is 37.9. The van der Waals surface area contributed by atoms with Gasteiger partial charge in [-0.25, -0.2) is 4.79 Å². The molecule has 2 heterocycles. The van der Waals surface area contributed by atoms with Gasteiger partial charge in [0.05, 0.1) is 51.3 Å². The van der Waals surface area contributed by atoms with E-state index in [1.807, 2.05) is 65.0 Å². The van der Waals surface area contributed by atoms with E-state index in [1.165, 1.54) is 0 Å². The number of aliphatic hydroxyl groups is 1. The van der Waals surface area contributed by atoms with E-state index in [4.69, 9.17) is 33.2 Å². The molecule has 0 aromatic heterocycles. The maximum absolute atomic E-state index is 13.2. The molecule has 1 N–H and O–H groups in total. The predicted octanol–water partition coefficient (Wildman–Crippen LogP) is 5.42. The highest BCUT2D eigenvalue weighted by Crippen LogP contribution is 2.39. The molecule has 2 aliphatic rings. The summed E-state index contributed by atoms with van der Waals surface area (Å²) in [4.78, 5) is 17.1. The van der Waals surface area contributed by atoms with Crippen molar-refractivity contribution in [2.75, 3.05) is 71.7 Å². The Morgan fingerprint density at radius 2 is 1.83 bits per heavy atom. The van der Waals surface area contributed by atoms with Gasteiger partial charge in [0.1, 0.15) is 29.7 Å². The smallest absolute Gasteiger partial charge is 0.410 e. The molecule has 268 valence electrons. The van der Waals surface area contributed by atoms with Gasteiger partial charge < -0.3 is 48.1 Å². The third-order valence-corrected chi connectivity index (χ3v) is 8.55. The van der Waals surface area contributed by atoms with Gasteiger partial charge in [-0.3, -0.25) is 0 Å². The van der Waals surface area contributed by atoms with Crippen molar-refractivity contribution < 1.29 is 43.1 Å². The van der Waals surface area contributed by atoms with Crippen molar-refractivity contribution in [3.63, 3.8) is 0 Å². The van der Waals surface area contributed by atoms with Crippen LogP contribution in [-0.2, 0) is 53.8 Å². The highest BCUT2D eigenvalue weighted by Gasteiger charge is 2.47. The maximum Gasteiger partial charge on any atom is 0.410 e. The summed E-state index contributed by atoms with van der Waals surface area (Å²) in [6, 6.07) is 12.0. The van der Waals surface area contributed by atoms with Gasteiger partial charge in [-0.2, -0.15) is 0 Å². The zero-order valence-electron chi connectivity index (χ0n) is 29.9. The van der Waals surface area contributed by atoms with Crippen molar-refractivity contribution in [2.24, 2.45) is 0 Å². The standard InChI is InChI=1S/C37H56N2O9/c1-8-45-27(2)23-44-24-28-10-12-31(30(20-28)26-43-7)37(41)14-16-39(35(40)48-36(3,4)5)22-34(37)47-25-29-11-13-33-32(21-29)38(17-19-46-33)15-9-18-42-6/h10-13,20-21,27,34,41H,8-9,14-19,22-26H2,1-7H3/t27-,34+,37+/m1/s1. The molecule has 11 heteroatoms. The van der Waals surface area contributed by atoms with E-state index >= 15 is 0 Å². The number of piperidine rings is 1. The molecule has 2 aliphatic heterocycles. The second-order valence-electron chi connectivity index (χ2n) is 13.6. The number of amides is 1. The summed E-state index contributed by atoms with van der Waals surface area (Å²) < 4.78 is 40.6. The van der Waals surface area contributed by atoms with Crippen molar-refractivity contribution in [3.8, 4) is 5.75 Å². The first-order valence-corrected chi connectivity index (χ1v) is 17.1. The zero-order chi connectivity index (χ0) is 34.7. The third kappa shape index (κ3) is 10.3. The highest BCUT2D eigenvalue weighted by atomic mass is 16.6. The second kappa shape index (κ2) is 17.6. The van der Waals surface area contributed by atoms with Crippen molar-refractivity contribution in [1.82, 2.24) is 4.90 Å². The molecule has 0 spiro atoms. The first-order valence-electron chi connectivity index (χ1n) is 17.1. The fraction of sp³-hybridized carbons (Fsp3) is 0.649. The minimum Gasteiger partial charge on any atom is -0.490 e. The number of carbonyl (C=O) groups is 1. The van der Waals surface area contributed by atoms with Crippen LogP contribution in [0.4, 0.5) is 10.5 Å². The highest BCUT2D eigenvalue weighted by molar-refractivity contribution is 5.68. The monoisotopic (exact) mass is 672 g/mol. The summed E-state index contributed by atoms with van der Waals surface area (Å²) in [5.41, 5.74) is 2.45. The average molecular weight is 673 g/mol. The van der Waals surface area contributed by atoms with E-state index < -0.39 is 23.4 Å². The number of hydrogen-bond acceptors (Lipinski definition) is 10. The van der Waals surface area contributed by atoms with E-state index in [9.17, 15) is 9.90 Å². The molecule has 0 bridgehead atoms. The van der Waals surface area contributed by atoms with E-state index in [-0.39, 0.29) is 25.7 Å². The van der Waals surface area contributed by atoms with Gasteiger partial charge >= 0.3 is 6.09 Å². The summed E-state index contributed by atoms with van der Waals surface area (Å²) in [5, 5.41) is 12.5. The fourth-order valence-corrected chi connectivity index (χ4v) is 6.25. The van der Waals surface area contributed by atoms with Gasteiger partial charge in [-0.15, -0.1) is 0 Å². The third-order valence-electron chi connectivity index (χ3n) is 8.55. The Kier molecular flexibility index (Phi) is 13.9. The number of likely N-dealkylation sites (tertiary alicyclic amines) is 1. The molecular weight excluding hydrogens is 616 g/mol. The summed E-state index contributed by atoms with van der Waals surface area (Å²) >= 11 is 0. The molecule has 0 radical (unpaired) electrons. The number of fused-ring (bicyclic) bond motifs is 1. The summed E-state index contributed by atoms with van der Waals surface area (Å²) in [5.74, 6) is 0.841. The molecule has 48 heavy (non-hydrogen) atoms. The number of anilines is 1. The Labute approximate surface area is 286 Å². The number of benzene rings is 2. The Hall–Kier alpha value is -2.93. The molecule has 2 aromatic rings. The van der Waals surface area contributed by atoms with Crippen LogP contribution in [0.2, 0.25) is 0 Å². The molecule has 1 saturated heterocycles. The number of nitrogens with zero attached hydrogens (tertiary/aromatic N) is 2. The fourth-order valence-electron chi connectivity index (χ4n) is 6.25. The van der Waals surface area contributed by atoms with E-state index in [2.05, 4.69) is 11.0 Å². The minimum atomic E-state index is -1.39. The summed E-state index contributed by atoms with van der Waals surface area (Å²) in [6.45, 7) is 15.0. The molecular formula is C37H56N2O9. The normalized spacial score (nSPS) is 20.3. The second-order valence-corrected chi connectivity index (χ2v) is 13.6. The molecule has 4 rings (SSSR count). The Bertz CT molecular complexity index is 1320. The van der Waals surface area contributed by atoms with Crippen LogP contribution in [-0.4, -0.2) is 101 Å². The minimum absolute atomic E-state index is 0.00266. The SMILES string of the molecule is CCO[C@H](C)COCc1ccc([C@@]2(O)CCN(C(=O)OC(C)(C)C)C[C@@H]2OCc2ccc3c(c2)N(CCCOC)CCO3)c(COC)c1. The number of methoxy groups -OCH3 is 2.